The van der Waals surface area contributed by atoms with E-state index in [4.69, 9.17) is 0 Å². The minimum atomic E-state index is -0.225. The van der Waals surface area contributed by atoms with Crippen LogP contribution in [0, 0.1) is 0 Å². The van der Waals surface area contributed by atoms with Gasteiger partial charge in [0.1, 0.15) is 15.7 Å². The lowest BCUT2D eigenvalue weighted by Crippen LogP contribution is -2.34. The third kappa shape index (κ3) is 3.40. The smallest absolute Gasteiger partial charge is 0.315 e. The van der Waals surface area contributed by atoms with Crippen molar-refractivity contribution in [1.29, 1.82) is 0 Å². The summed E-state index contributed by atoms with van der Waals surface area (Å²) >= 11 is 1.52. The second-order valence-corrected chi connectivity index (χ2v) is 5.85. The number of aromatic nitrogens is 4. The number of carbonyl (C=O) groups excluding carboxylic acids is 1. The number of aryl methyl sites for hydroxylation is 1. The van der Waals surface area contributed by atoms with Crippen LogP contribution < -0.4 is 10.6 Å². The molecule has 7 nitrogen and oxygen atoms in total. The molecule has 8 heteroatoms. The number of nitrogens with one attached hydrogen (secondary N) is 2. The molecule has 0 atom stereocenters. The summed E-state index contributed by atoms with van der Waals surface area (Å²) in [5.74, 6) is 0. The van der Waals surface area contributed by atoms with Gasteiger partial charge >= 0.3 is 6.03 Å². The lowest BCUT2D eigenvalue weighted by atomic mass is 10.2. The van der Waals surface area contributed by atoms with Crippen molar-refractivity contribution in [3.05, 3.63) is 46.3 Å². The molecule has 0 fully saturated rings. The number of rotatable bonds is 5. The average molecular weight is 316 g/mol. The second kappa shape index (κ2) is 6.52. The molecule has 0 unspecified atom stereocenters. The van der Waals surface area contributed by atoms with Gasteiger partial charge in [0.25, 0.3) is 0 Å². The Kier molecular flexibility index (Phi) is 4.29. The first kappa shape index (κ1) is 14.5. The highest BCUT2D eigenvalue weighted by atomic mass is 32.1. The zero-order chi connectivity index (χ0) is 15.4. The fourth-order valence-corrected chi connectivity index (χ4v) is 2.69. The van der Waals surface area contributed by atoms with Crippen molar-refractivity contribution >= 4 is 23.0 Å². The summed E-state index contributed by atoms with van der Waals surface area (Å²) in [6.45, 7) is 2.87. The highest BCUT2D eigenvalue weighted by Crippen LogP contribution is 2.09. The molecule has 0 aliphatic rings. The number of amides is 2. The number of hydrogen-bond acceptors (Lipinski definition) is 5. The first-order valence-electron chi connectivity index (χ1n) is 6.99. The van der Waals surface area contributed by atoms with Crippen LogP contribution in [0.1, 0.15) is 22.5 Å². The van der Waals surface area contributed by atoms with Gasteiger partial charge in [-0.1, -0.05) is 18.3 Å². The molecule has 3 aromatic rings. The maximum absolute atomic E-state index is 11.8. The summed E-state index contributed by atoms with van der Waals surface area (Å²) in [5.41, 5.74) is 1.86. The monoisotopic (exact) mass is 316 g/mol. The van der Waals surface area contributed by atoms with E-state index in [2.05, 4.69) is 25.8 Å². The number of imidazole rings is 1. The van der Waals surface area contributed by atoms with Crippen LogP contribution in [0.3, 0.4) is 0 Å². The SMILES string of the molecule is CCc1nnc(CNC(=O)NCc2ccn3ccnc3c2)s1. The summed E-state index contributed by atoms with van der Waals surface area (Å²) < 4.78 is 1.92. The Morgan fingerprint density at radius 2 is 2.05 bits per heavy atom. The molecule has 3 aromatic heterocycles. The van der Waals surface area contributed by atoms with Gasteiger partial charge in [0, 0.05) is 25.1 Å². The van der Waals surface area contributed by atoms with E-state index in [0.717, 1.165) is 27.6 Å². The van der Waals surface area contributed by atoms with Crippen LogP contribution in [0.5, 0.6) is 0 Å². The van der Waals surface area contributed by atoms with E-state index in [1.54, 1.807) is 6.20 Å². The van der Waals surface area contributed by atoms with Crippen LogP contribution in [0.4, 0.5) is 4.79 Å². The van der Waals surface area contributed by atoms with Crippen LogP contribution in [0.15, 0.2) is 30.7 Å². The highest BCUT2D eigenvalue weighted by Gasteiger charge is 2.05. The molecule has 3 rings (SSSR count). The summed E-state index contributed by atoms with van der Waals surface area (Å²) in [6, 6.07) is 3.67. The largest absolute Gasteiger partial charge is 0.334 e. The standard InChI is InChI=1S/C14H16N6OS/c1-2-12-18-19-13(22-12)9-17-14(21)16-8-10-3-5-20-6-4-15-11(20)7-10/h3-7H,2,8-9H2,1H3,(H2,16,17,21). The molecule has 0 aliphatic carbocycles. The van der Waals surface area contributed by atoms with Crippen LogP contribution >= 0.6 is 11.3 Å². The van der Waals surface area contributed by atoms with Gasteiger partial charge in [-0.2, -0.15) is 0 Å². The molecule has 0 radical (unpaired) electrons. The number of urea groups is 1. The number of nitrogens with zero attached hydrogens (tertiary/aromatic N) is 4. The van der Waals surface area contributed by atoms with E-state index in [-0.39, 0.29) is 6.03 Å². The van der Waals surface area contributed by atoms with Gasteiger partial charge in [0.15, 0.2) is 0 Å². The molecule has 22 heavy (non-hydrogen) atoms. The van der Waals surface area contributed by atoms with Crippen LogP contribution in [-0.4, -0.2) is 25.6 Å². The molecular weight excluding hydrogens is 300 g/mol. The van der Waals surface area contributed by atoms with Crippen LogP contribution in [0.25, 0.3) is 5.65 Å². The van der Waals surface area contributed by atoms with Crippen molar-refractivity contribution in [1.82, 2.24) is 30.2 Å². The van der Waals surface area contributed by atoms with E-state index in [9.17, 15) is 4.79 Å². The fraction of sp³-hybridized carbons (Fsp3) is 0.286. The number of pyridine rings is 1. The van der Waals surface area contributed by atoms with Gasteiger partial charge in [0.05, 0.1) is 6.54 Å². The molecule has 0 saturated carbocycles. The van der Waals surface area contributed by atoms with Crippen molar-refractivity contribution in [3.63, 3.8) is 0 Å². The van der Waals surface area contributed by atoms with Gasteiger partial charge in [-0.3, -0.25) is 0 Å². The van der Waals surface area contributed by atoms with Gasteiger partial charge < -0.3 is 15.0 Å². The normalized spacial score (nSPS) is 10.8. The Hall–Kier alpha value is -2.48. The zero-order valence-corrected chi connectivity index (χ0v) is 12.9. The molecule has 114 valence electrons. The predicted octanol–water partition coefficient (Wildman–Crippen LogP) is 1.75. The summed E-state index contributed by atoms with van der Waals surface area (Å²) in [5, 5.41) is 15.4. The Morgan fingerprint density at radius 3 is 2.86 bits per heavy atom. The molecule has 0 saturated heterocycles. The Labute approximate surface area is 131 Å². The first-order valence-corrected chi connectivity index (χ1v) is 7.81. The number of fused-ring (bicyclic) bond motifs is 1. The second-order valence-electron chi connectivity index (χ2n) is 4.71. The van der Waals surface area contributed by atoms with E-state index in [0.29, 0.717) is 13.1 Å². The third-order valence-corrected chi connectivity index (χ3v) is 4.19. The van der Waals surface area contributed by atoms with E-state index >= 15 is 0 Å². The molecule has 2 N–H and O–H groups in total. The van der Waals surface area contributed by atoms with Gasteiger partial charge in [-0.25, -0.2) is 9.78 Å². The van der Waals surface area contributed by atoms with Crippen molar-refractivity contribution in [2.24, 2.45) is 0 Å². The molecule has 0 spiro atoms. The van der Waals surface area contributed by atoms with Gasteiger partial charge in [-0.15, -0.1) is 10.2 Å². The van der Waals surface area contributed by atoms with Crippen LogP contribution in [0.2, 0.25) is 0 Å². The Bertz CT molecular complexity index is 780. The lowest BCUT2D eigenvalue weighted by Gasteiger charge is -2.06. The Balaban J connectivity index is 1.49. The molecule has 0 aromatic carbocycles. The average Bonchev–Trinajstić information content (AvgIpc) is 3.19. The molecule has 0 bridgehead atoms. The first-order chi connectivity index (χ1) is 10.7. The predicted molar refractivity (Wildman–Crippen MR) is 83.6 cm³/mol. The van der Waals surface area contributed by atoms with E-state index in [1.807, 2.05) is 35.9 Å². The van der Waals surface area contributed by atoms with Crippen molar-refractivity contribution in [2.45, 2.75) is 26.4 Å². The van der Waals surface area contributed by atoms with E-state index < -0.39 is 0 Å². The maximum Gasteiger partial charge on any atom is 0.315 e. The van der Waals surface area contributed by atoms with Crippen molar-refractivity contribution in [3.8, 4) is 0 Å². The quantitative estimate of drug-likeness (QED) is 0.751. The molecule has 2 amide bonds. The fourth-order valence-electron chi connectivity index (χ4n) is 1.97. The van der Waals surface area contributed by atoms with Crippen molar-refractivity contribution < 1.29 is 4.79 Å². The van der Waals surface area contributed by atoms with Crippen molar-refractivity contribution in [2.75, 3.05) is 0 Å². The highest BCUT2D eigenvalue weighted by molar-refractivity contribution is 7.11. The third-order valence-electron chi connectivity index (χ3n) is 3.13. The number of hydrogen-bond donors (Lipinski definition) is 2. The summed E-state index contributed by atoms with van der Waals surface area (Å²) in [6.07, 6.45) is 6.41. The molecular formula is C14H16N6OS. The molecule has 3 heterocycles. The maximum atomic E-state index is 11.8. The topological polar surface area (TPSA) is 84.2 Å². The molecule has 0 aliphatic heterocycles. The van der Waals surface area contributed by atoms with Gasteiger partial charge in [-0.05, 0) is 24.1 Å². The summed E-state index contributed by atoms with van der Waals surface area (Å²) in [4.78, 5) is 16.0. The van der Waals surface area contributed by atoms with E-state index in [1.165, 1.54) is 11.3 Å². The lowest BCUT2D eigenvalue weighted by molar-refractivity contribution is 0.240. The minimum Gasteiger partial charge on any atom is -0.334 e. The summed E-state index contributed by atoms with van der Waals surface area (Å²) in [7, 11) is 0. The Morgan fingerprint density at radius 1 is 1.23 bits per heavy atom. The number of carbonyl (C=O) groups is 1. The zero-order valence-electron chi connectivity index (χ0n) is 12.1. The van der Waals surface area contributed by atoms with Crippen LogP contribution in [-0.2, 0) is 19.5 Å². The minimum absolute atomic E-state index is 0.225. The van der Waals surface area contributed by atoms with Gasteiger partial charge in [0.2, 0.25) is 0 Å².